The third kappa shape index (κ3) is 5.35. The van der Waals surface area contributed by atoms with E-state index in [-0.39, 0.29) is 29.5 Å². The summed E-state index contributed by atoms with van der Waals surface area (Å²) in [6.07, 6.45) is 5.32. The average molecular weight is 338 g/mol. The lowest BCUT2D eigenvalue weighted by molar-refractivity contribution is -0.121. The van der Waals surface area contributed by atoms with E-state index in [0.717, 1.165) is 0 Å². The van der Waals surface area contributed by atoms with Crippen molar-refractivity contribution in [3.05, 3.63) is 65.7 Å². The Labute approximate surface area is 145 Å². The van der Waals surface area contributed by atoms with Crippen LogP contribution in [0.3, 0.4) is 0 Å². The summed E-state index contributed by atoms with van der Waals surface area (Å²) < 4.78 is 4.99. The van der Waals surface area contributed by atoms with Gasteiger partial charge in [-0.25, -0.2) is 0 Å². The van der Waals surface area contributed by atoms with Crippen LogP contribution in [0, 0.1) is 0 Å². The van der Waals surface area contributed by atoms with Gasteiger partial charge in [0.25, 0.3) is 0 Å². The molecule has 0 saturated carbocycles. The van der Waals surface area contributed by atoms with Crippen molar-refractivity contribution in [3.63, 3.8) is 0 Å². The number of para-hydroxylation sites is 1. The predicted octanol–water partition coefficient (Wildman–Crippen LogP) is 3.36. The Balaban J connectivity index is 1.95. The van der Waals surface area contributed by atoms with Crippen molar-refractivity contribution in [1.29, 1.82) is 0 Å². The normalized spacial score (nSPS) is 11.1. The average Bonchev–Trinajstić information content (AvgIpc) is 2.60. The second-order valence-corrected chi connectivity index (χ2v) is 5.27. The van der Waals surface area contributed by atoms with Gasteiger partial charge in [0, 0.05) is 5.56 Å². The van der Waals surface area contributed by atoms with Gasteiger partial charge >= 0.3 is 0 Å². The van der Waals surface area contributed by atoms with Crippen LogP contribution in [-0.4, -0.2) is 28.9 Å². The number of aromatic hydroxyl groups is 2. The van der Waals surface area contributed by atoms with Gasteiger partial charge in [-0.05, 0) is 42.0 Å². The van der Waals surface area contributed by atoms with Crippen LogP contribution in [0.25, 0.3) is 12.2 Å². The fraction of sp³-hybridized carbons (Fsp3) is 0.100. The summed E-state index contributed by atoms with van der Waals surface area (Å²) in [5.41, 5.74) is 1.18. The van der Waals surface area contributed by atoms with Crippen molar-refractivity contribution in [2.24, 2.45) is 0 Å². The molecule has 2 aromatic rings. The lowest BCUT2D eigenvalue weighted by atomic mass is 10.1. The molecular formula is C20H18O5. The second-order valence-electron chi connectivity index (χ2n) is 5.27. The van der Waals surface area contributed by atoms with Crippen molar-refractivity contribution < 1.29 is 24.5 Å². The molecule has 0 aliphatic heterocycles. The van der Waals surface area contributed by atoms with E-state index in [9.17, 15) is 19.8 Å². The van der Waals surface area contributed by atoms with Gasteiger partial charge in [-0.15, -0.1) is 0 Å². The maximum absolute atomic E-state index is 11.9. The number of ketones is 2. The van der Waals surface area contributed by atoms with Crippen LogP contribution >= 0.6 is 0 Å². The first kappa shape index (κ1) is 18.0. The molecule has 0 saturated heterocycles. The molecule has 0 aliphatic rings. The van der Waals surface area contributed by atoms with E-state index < -0.39 is 0 Å². The minimum Gasteiger partial charge on any atom is -0.507 e. The first-order chi connectivity index (χ1) is 12.0. The van der Waals surface area contributed by atoms with Crippen LogP contribution in [0.4, 0.5) is 0 Å². The largest absolute Gasteiger partial charge is 0.507 e. The van der Waals surface area contributed by atoms with Gasteiger partial charge in [0.05, 0.1) is 13.5 Å². The topological polar surface area (TPSA) is 83.8 Å². The summed E-state index contributed by atoms with van der Waals surface area (Å²) >= 11 is 0. The van der Waals surface area contributed by atoms with E-state index in [1.807, 2.05) is 0 Å². The van der Waals surface area contributed by atoms with E-state index >= 15 is 0 Å². The van der Waals surface area contributed by atoms with E-state index in [0.29, 0.717) is 16.9 Å². The first-order valence-corrected chi connectivity index (χ1v) is 7.56. The summed E-state index contributed by atoms with van der Waals surface area (Å²) in [6, 6.07) is 11.3. The van der Waals surface area contributed by atoms with Gasteiger partial charge in [-0.1, -0.05) is 30.3 Å². The molecule has 0 radical (unpaired) electrons. The number of methoxy groups -OCH3 is 1. The van der Waals surface area contributed by atoms with Crippen molar-refractivity contribution in [2.45, 2.75) is 6.42 Å². The predicted molar refractivity (Wildman–Crippen MR) is 95.5 cm³/mol. The Hall–Kier alpha value is -3.34. The van der Waals surface area contributed by atoms with Crippen molar-refractivity contribution in [1.82, 2.24) is 0 Å². The van der Waals surface area contributed by atoms with Gasteiger partial charge in [-0.2, -0.15) is 0 Å². The number of ether oxygens (including phenoxy) is 1. The molecule has 0 aromatic heterocycles. The molecule has 2 rings (SSSR count). The molecule has 0 fully saturated rings. The number of hydrogen-bond acceptors (Lipinski definition) is 5. The van der Waals surface area contributed by atoms with Gasteiger partial charge in [0.2, 0.25) is 0 Å². The van der Waals surface area contributed by atoms with E-state index in [2.05, 4.69) is 0 Å². The number of allylic oxidation sites excluding steroid dienone is 2. The third-order valence-corrected chi connectivity index (χ3v) is 3.40. The van der Waals surface area contributed by atoms with Crippen LogP contribution in [-0.2, 0) is 9.59 Å². The smallest absolute Gasteiger partial charge is 0.163 e. The maximum Gasteiger partial charge on any atom is 0.163 e. The number of phenolic OH excluding ortho intramolecular Hbond substituents is 2. The molecule has 2 N–H and O–H groups in total. The van der Waals surface area contributed by atoms with Gasteiger partial charge < -0.3 is 14.9 Å². The Morgan fingerprint density at radius 1 is 0.960 bits per heavy atom. The molecule has 128 valence electrons. The van der Waals surface area contributed by atoms with Gasteiger partial charge in [0.15, 0.2) is 23.1 Å². The van der Waals surface area contributed by atoms with Crippen molar-refractivity contribution in [3.8, 4) is 17.2 Å². The number of hydrogen-bond donors (Lipinski definition) is 2. The molecular weight excluding hydrogens is 320 g/mol. The number of carbonyl (C=O) groups excluding carboxylic acids is 2. The highest BCUT2D eigenvalue weighted by atomic mass is 16.5. The monoisotopic (exact) mass is 338 g/mol. The van der Waals surface area contributed by atoms with Crippen LogP contribution in [0.2, 0.25) is 0 Å². The molecule has 0 amide bonds. The highest BCUT2D eigenvalue weighted by Gasteiger charge is 2.05. The Morgan fingerprint density at radius 3 is 2.32 bits per heavy atom. The zero-order chi connectivity index (χ0) is 18.2. The zero-order valence-electron chi connectivity index (χ0n) is 13.7. The van der Waals surface area contributed by atoms with Gasteiger partial charge in [-0.3, -0.25) is 9.59 Å². The number of rotatable bonds is 7. The van der Waals surface area contributed by atoms with Crippen molar-refractivity contribution in [2.75, 3.05) is 7.11 Å². The highest BCUT2D eigenvalue weighted by Crippen LogP contribution is 2.26. The maximum atomic E-state index is 11.9. The van der Waals surface area contributed by atoms with Crippen LogP contribution < -0.4 is 4.74 Å². The number of phenols is 2. The highest BCUT2D eigenvalue weighted by molar-refractivity contribution is 6.10. The van der Waals surface area contributed by atoms with Gasteiger partial charge in [0.1, 0.15) is 5.75 Å². The zero-order valence-corrected chi connectivity index (χ0v) is 13.7. The summed E-state index contributed by atoms with van der Waals surface area (Å²) in [6.45, 7) is 0. The summed E-state index contributed by atoms with van der Waals surface area (Å²) in [7, 11) is 1.43. The lowest BCUT2D eigenvalue weighted by Gasteiger charge is -2.03. The molecule has 0 unspecified atom stereocenters. The molecule has 25 heavy (non-hydrogen) atoms. The second kappa shape index (κ2) is 8.49. The standard InChI is InChI=1S/C20H18O5/c1-25-20-12-14(7-11-19(20)24)6-9-16(21)13-17(22)10-8-15-4-2-3-5-18(15)23/h2-12,23-24H,13H2,1H3/b9-6+,10-8+. The molecule has 2 aromatic carbocycles. The number of benzene rings is 2. The fourth-order valence-corrected chi connectivity index (χ4v) is 2.09. The molecule has 0 atom stereocenters. The molecule has 0 bridgehead atoms. The Morgan fingerprint density at radius 2 is 1.64 bits per heavy atom. The van der Waals surface area contributed by atoms with Crippen LogP contribution in [0.5, 0.6) is 17.2 Å². The summed E-state index contributed by atoms with van der Waals surface area (Å²) in [4.78, 5) is 23.7. The minimum atomic E-state index is -0.360. The summed E-state index contributed by atoms with van der Waals surface area (Å²) in [5.74, 6) is -0.328. The lowest BCUT2D eigenvalue weighted by Crippen LogP contribution is -2.01. The molecule has 5 nitrogen and oxygen atoms in total. The minimum absolute atomic E-state index is 0.00968. The first-order valence-electron chi connectivity index (χ1n) is 7.56. The van der Waals surface area contributed by atoms with Crippen LogP contribution in [0.1, 0.15) is 17.5 Å². The molecule has 0 heterocycles. The van der Waals surface area contributed by atoms with Crippen molar-refractivity contribution >= 4 is 23.7 Å². The number of carbonyl (C=O) groups is 2. The SMILES string of the molecule is COc1cc(/C=C/C(=O)CC(=O)/C=C/c2ccccc2O)ccc1O. The molecule has 0 aliphatic carbocycles. The third-order valence-electron chi connectivity index (χ3n) is 3.40. The van der Waals surface area contributed by atoms with E-state index in [4.69, 9.17) is 4.74 Å². The van der Waals surface area contributed by atoms with Crippen LogP contribution in [0.15, 0.2) is 54.6 Å². The Bertz CT molecular complexity index is 834. The Kier molecular flexibility index (Phi) is 6.12. The fourth-order valence-electron chi connectivity index (χ4n) is 2.09. The summed E-state index contributed by atoms with van der Waals surface area (Å²) in [5, 5.41) is 19.1. The van der Waals surface area contributed by atoms with E-state index in [1.165, 1.54) is 37.5 Å². The molecule has 0 spiro atoms. The van der Waals surface area contributed by atoms with E-state index in [1.54, 1.807) is 36.4 Å². The quantitative estimate of drug-likeness (QED) is 0.597. The molecule has 5 heteroatoms.